The van der Waals surface area contributed by atoms with E-state index in [0.29, 0.717) is 13.2 Å². The van der Waals surface area contributed by atoms with Gasteiger partial charge in [0.05, 0.1) is 35.8 Å². The number of rotatable bonds is 5. The second-order valence-corrected chi connectivity index (χ2v) is 13.8. The van der Waals surface area contributed by atoms with Gasteiger partial charge in [-0.25, -0.2) is 0 Å². The maximum Gasteiger partial charge on any atom is 0.311 e. The average molecular weight is 575 g/mol. The summed E-state index contributed by atoms with van der Waals surface area (Å²) in [7, 11) is 0. The third-order valence-corrected chi connectivity index (χ3v) is 11.4. The molecule has 4 heterocycles. The van der Waals surface area contributed by atoms with E-state index in [9.17, 15) is 19.5 Å². The van der Waals surface area contributed by atoms with Gasteiger partial charge in [-0.15, -0.1) is 11.8 Å². The standard InChI is InChI=1S/C33H38N2O5S/c1-4-21(2)25(20-36)35-28-30(38)34(24-14-13-22-11-6-7-12-23(22)19-24)17-10-16-33(28)26(29(35)37)27-31(39)40-18-9-5-8-15-32(27,3)41-33/h6-8,10-16,19,21,25-28,36H,4-5,9,17-18,20H2,1-3H3/b15-8-/t21-,25-,26-,27-,28?,32+,33-/m0/s1. The molecule has 1 spiro atoms. The summed E-state index contributed by atoms with van der Waals surface area (Å²) < 4.78 is 4.02. The summed E-state index contributed by atoms with van der Waals surface area (Å²) in [4.78, 5) is 46.5. The molecule has 6 rings (SSSR count). The van der Waals surface area contributed by atoms with Crippen LogP contribution in [-0.2, 0) is 19.1 Å². The molecule has 8 heteroatoms. The summed E-state index contributed by atoms with van der Waals surface area (Å²) in [6.45, 7) is 6.41. The van der Waals surface area contributed by atoms with Gasteiger partial charge in [-0.2, -0.15) is 0 Å². The molecule has 4 aliphatic heterocycles. The van der Waals surface area contributed by atoms with Gasteiger partial charge in [-0.05, 0) is 48.6 Å². The second-order valence-electron chi connectivity index (χ2n) is 12.0. The summed E-state index contributed by atoms with van der Waals surface area (Å²) >= 11 is 1.54. The van der Waals surface area contributed by atoms with Crippen LogP contribution >= 0.6 is 11.8 Å². The average Bonchev–Trinajstić information content (AvgIpc) is 3.32. The lowest BCUT2D eigenvalue weighted by Gasteiger charge is -2.41. The molecule has 4 aliphatic rings. The molecule has 216 valence electrons. The van der Waals surface area contributed by atoms with E-state index in [1.807, 2.05) is 75.4 Å². The summed E-state index contributed by atoms with van der Waals surface area (Å²) in [6.07, 6.45) is 10.4. The zero-order valence-electron chi connectivity index (χ0n) is 23.9. The highest BCUT2D eigenvalue weighted by Crippen LogP contribution is 2.65. The van der Waals surface area contributed by atoms with E-state index in [1.54, 1.807) is 9.80 Å². The molecule has 2 aromatic carbocycles. The highest BCUT2D eigenvalue weighted by atomic mass is 32.2. The van der Waals surface area contributed by atoms with Crippen LogP contribution in [0.1, 0.15) is 40.0 Å². The molecule has 41 heavy (non-hydrogen) atoms. The van der Waals surface area contributed by atoms with E-state index in [2.05, 4.69) is 12.2 Å². The number of thioether (sulfide) groups is 1. The van der Waals surface area contributed by atoms with Gasteiger partial charge in [0, 0.05) is 17.0 Å². The Kier molecular flexibility index (Phi) is 7.27. The number of hydrogen-bond acceptors (Lipinski definition) is 6. The number of fused-ring (bicyclic) bond motifs is 3. The van der Waals surface area contributed by atoms with E-state index in [1.165, 1.54) is 11.8 Å². The quantitative estimate of drug-likeness (QED) is 0.411. The Bertz CT molecular complexity index is 1440. The first-order valence-corrected chi connectivity index (χ1v) is 15.5. The zero-order chi connectivity index (χ0) is 28.9. The van der Waals surface area contributed by atoms with Crippen LogP contribution in [0.25, 0.3) is 10.8 Å². The van der Waals surface area contributed by atoms with Gasteiger partial charge < -0.3 is 19.6 Å². The van der Waals surface area contributed by atoms with Crippen LogP contribution in [0, 0.1) is 17.8 Å². The third-order valence-electron chi connectivity index (χ3n) is 9.58. The van der Waals surface area contributed by atoms with Gasteiger partial charge >= 0.3 is 5.97 Å². The molecule has 2 fully saturated rings. The zero-order valence-corrected chi connectivity index (χ0v) is 24.7. The Morgan fingerprint density at radius 3 is 2.59 bits per heavy atom. The minimum Gasteiger partial charge on any atom is -0.465 e. The minimum atomic E-state index is -0.984. The maximum atomic E-state index is 14.8. The number of benzene rings is 2. The van der Waals surface area contributed by atoms with Crippen LogP contribution in [0.4, 0.5) is 5.69 Å². The summed E-state index contributed by atoms with van der Waals surface area (Å²) in [5, 5.41) is 12.7. The van der Waals surface area contributed by atoms with Crippen molar-refractivity contribution in [1.29, 1.82) is 0 Å². The number of anilines is 1. The van der Waals surface area contributed by atoms with Crippen molar-refractivity contribution in [2.45, 2.75) is 61.6 Å². The second kappa shape index (κ2) is 10.6. The largest absolute Gasteiger partial charge is 0.465 e. The number of hydrogen-bond donors (Lipinski definition) is 1. The van der Waals surface area contributed by atoms with Crippen molar-refractivity contribution in [3.63, 3.8) is 0 Å². The van der Waals surface area contributed by atoms with E-state index < -0.39 is 33.4 Å². The van der Waals surface area contributed by atoms with Gasteiger partial charge in [-0.3, -0.25) is 14.4 Å². The maximum absolute atomic E-state index is 14.8. The number of ether oxygens (including phenoxy) is 1. The van der Waals surface area contributed by atoms with Gasteiger partial charge in [-0.1, -0.05) is 74.9 Å². The third kappa shape index (κ3) is 4.33. The molecular weight excluding hydrogens is 536 g/mol. The fraction of sp³-hybridized carbons (Fsp3) is 0.485. The van der Waals surface area contributed by atoms with E-state index in [0.717, 1.165) is 35.7 Å². The fourth-order valence-corrected chi connectivity index (χ4v) is 9.46. The first kappa shape index (κ1) is 28.0. The number of carbonyl (C=O) groups is 3. The number of aliphatic hydroxyl groups is 1. The SMILES string of the molecule is CC[C@H](C)[C@H](CO)N1C(=O)[C@@H]2[C@H]3C(=O)OCCC/C=C\[C@@]3(C)S[C@@]23C=CCN(c2ccc4ccccc4c2)C(=O)C13. The van der Waals surface area contributed by atoms with Crippen LogP contribution in [0.5, 0.6) is 0 Å². The minimum absolute atomic E-state index is 0.0438. The lowest BCUT2D eigenvalue weighted by Crippen LogP contribution is -2.58. The Labute approximate surface area is 245 Å². The first-order valence-electron chi connectivity index (χ1n) is 14.7. The summed E-state index contributed by atoms with van der Waals surface area (Å²) in [5.41, 5.74) is 0.756. The molecule has 7 atom stereocenters. The van der Waals surface area contributed by atoms with Crippen LogP contribution in [0.3, 0.4) is 0 Å². The predicted molar refractivity (Wildman–Crippen MR) is 161 cm³/mol. The van der Waals surface area contributed by atoms with Crippen molar-refractivity contribution in [2.75, 3.05) is 24.7 Å². The molecule has 1 unspecified atom stereocenters. The van der Waals surface area contributed by atoms with Crippen molar-refractivity contribution in [1.82, 2.24) is 4.90 Å². The molecule has 2 aromatic rings. The number of esters is 1. The summed E-state index contributed by atoms with van der Waals surface area (Å²) in [6, 6.07) is 12.6. The Balaban J connectivity index is 1.51. The molecule has 1 N–H and O–H groups in total. The van der Waals surface area contributed by atoms with Gasteiger partial charge in [0.2, 0.25) is 5.91 Å². The molecular formula is C33H38N2O5S. The molecule has 2 saturated heterocycles. The highest BCUT2D eigenvalue weighted by Gasteiger charge is 2.74. The van der Waals surface area contributed by atoms with Crippen LogP contribution < -0.4 is 4.90 Å². The molecule has 2 amide bonds. The molecule has 0 radical (unpaired) electrons. The predicted octanol–water partition coefficient (Wildman–Crippen LogP) is 4.73. The van der Waals surface area contributed by atoms with Crippen molar-refractivity contribution in [3.05, 3.63) is 66.8 Å². The van der Waals surface area contributed by atoms with Crippen molar-refractivity contribution >= 4 is 46.0 Å². The van der Waals surface area contributed by atoms with Crippen LogP contribution in [0.2, 0.25) is 0 Å². The topological polar surface area (TPSA) is 87.2 Å². The Hall–Kier alpha value is -3.10. The number of cyclic esters (lactones) is 1. The molecule has 0 saturated carbocycles. The summed E-state index contributed by atoms with van der Waals surface area (Å²) in [5.74, 6) is -2.41. The molecule has 0 bridgehead atoms. The number of aliphatic hydroxyl groups excluding tert-OH is 1. The fourth-order valence-electron chi connectivity index (χ4n) is 7.32. The van der Waals surface area contributed by atoms with Crippen molar-refractivity contribution in [2.24, 2.45) is 17.8 Å². The number of allylic oxidation sites excluding steroid dienone is 1. The van der Waals surface area contributed by atoms with Crippen LogP contribution in [-0.4, -0.2) is 69.1 Å². The van der Waals surface area contributed by atoms with Gasteiger partial charge in [0.15, 0.2) is 0 Å². The first-order chi connectivity index (χ1) is 19.8. The molecule has 0 aromatic heterocycles. The van der Waals surface area contributed by atoms with Gasteiger partial charge in [0.25, 0.3) is 5.91 Å². The van der Waals surface area contributed by atoms with E-state index >= 15 is 0 Å². The Morgan fingerprint density at radius 1 is 1.05 bits per heavy atom. The number of amides is 2. The van der Waals surface area contributed by atoms with E-state index in [4.69, 9.17) is 4.74 Å². The number of carbonyl (C=O) groups excluding carboxylic acids is 3. The normalized spacial score (nSPS) is 33.7. The van der Waals surface area contributed by atoms with Gasteiger partial charge in [0.1, 0.15) is 6.04 Å². The van der Waals surface area contributed by atoms with Crippen molar-refractivity contribution in [3.8, 4) is 0 Å². The molecule has 7 nitrogen and oxygen atoms in total. The molecule has 0 aliphatic carbocycles. The van der Waals surface area contributed by atoms with Crippen LogP contribution in [0.15, 0.2) is 66.8 Å². The van der Waals surface area contributed by atoms with Crippen molar-refractivity contribution < 1.29 is 24.2 Å². The highest BCUT2D eigenvalue weighted by molar-refractivity contribution is 8.02. The number of nitrogens with zero attached hydrogens (tertiary/aromatic N) is 2. The number of likely N-dealkylation sites (tertiary alicyclic amines) is 1. The lowest BCUT2D eigenvalue weighted by molar-refractivity contribution is -0.154. The Morgan fingerprint density at radius 2 is 1.83 bits per heavy atom. The smallest absolute Gasteiger partial charge is 0.311 e. The monoisotopic (exact) mass is 574 g/mol. The lowest BCUT2D eigenvalue weighted by atomic mass is 9.74. The van der Waals surface area contributed by atoms with E-state index in [-0.39, 0.29) is 30.3 Å².